The minimum absolute atomic E-state index is 0.101. The molecule has 0 unspecified atom stereocenters. The average Bonchev–Trinajstić information content (AvgIpc) is 3.10. The van der Waals surface area contributed by atoms with Crippen molar-refractivity contribution in [1.29, 1.82) is 0 Å². The Balaban J connectivity index is 1.47. The molecule has 146 valence electrons. The van der Waals surface area contributed by atoms with Gasteiger partial charge < -0.3 is 14.2 Å². The number of hydrogen-bond acceptors (Lipinski definition) is 2. The number of morpholine rings is 1. The highest BCUT2D eigenvalue weighted by molar-refractivity contribution is 6.07. The summed E-state index contributed by atoms with van der Waals surface area (Å²) >= 11 is 0. The van der Waals surface area contributed by atoms with E-state index in [4.69, 9.17) is 4.74 Å². The Labute approximate surface area is 166 Å². The number of fused-ring (bicyclic) bond motifs is 1. The Morgan fingerprint density at radius 3 is 2.68 bits per heavy atom. The van der Waals surface area contributed by atoms with Crippen molar-refractivity contribution in [2.24, 2.45) is 0 Å². The molecule has 0 spiro atoms. The summed E-state index contributed by atoms with van der Waals surface area (Å²) in [4.78, 5) is 15.1. The van der Waals surface area contributed by atoms with Crippen molar-refractivity contribution in [3.63, 3.8) is 0 Å². The van der Waals surface area contributed by atoms with Gasteiger partial charge in [-0.05, 0) is 37.8 Å². The van der Waals surface area contributed by atoms with Crippen LogP contribution in [0.1, 0.15) is 35.7 Å². The number of para-hydroxylation sites is 1. The third-order valence-corrected chi connectivity index (χ3v) is 5.50. The molecule has 0 radical (unpaired) electrons. The largest absolute Gasteiger partial charge is 0.375 e. The fourth-order valence-electron chi connectivity index (χ4n) is 4.03. The second-order valence-corrected chi connectivity index (χ2v) is 7.63. The number of amides is 1. The molecule has 4 nitrogen and oxygen atoms in total. The van der Waals surface area contributed by atoms with E-state index in [1.165, 1.54) is 5.56 Å². The van der Waals surface area contributed by atoms with Crippen LogP contribution in [0.3, 0.4) is 0 Å². The fourth-order valence-corrected chi connectivity index (χ4v) is 4.03. The first-order chi connectivity index (χ1) is 13.7. The summed E-state index contributed by atoms with van der Waals surface area (Å²) in [6, 6.07) is 18.9. The average molecular weight is 377 g/mol. The summed E-state index contributed by atoms with van der Waals surface area (Å²) in [6.07, 6.45) is 5.48. The first-order valence-electron chi connectivity index (χ1n) is 10.2. The van der Waals surface area contributed by atoms with Crippen molar-refractivity contribution >= 4 is 16.8 Å². The van der Waals surface area contributed by atoms with Gasteiger partial charge in [0.15, 0.2) is 0 Å². The van der Waals surface area contributed by atoms with Crippen LogP contribution >= 0.6 is 0 Å². The number of rotatable bonds is 6. The monoisotopic (exact) mass is 376 g/mol. The molecule has 0 bridgehead atoms. The lowest BCUT2D eigenvalue weighted by molar-refractivity contribution is -0.0123. The van der Waals surface area contributed by atoms with Crippen molar-refractivity contribution in [3.8, 4) is 0 Å². The van der Waals surface area contributed by atoms with Gasteiger partial charge in [-0.15, -0.1) is 0 Å². The molecule has 3 aromatic rings. The number of nitrogens with zero attached hydrogens (tertiary/aromatic N) is 2. The summed E-state index contributed by atoms with van der Waals surface area (Å²) in [7, 11) is 0. The number of carbonyl (C=O) groups is 1. The van der Waals surface area contributed by atoms with Crippen molar-refractivity contribution in [1.82, 2.24) is 9.47 Å². The molecule has 1 aliphatic heterocycles. The Bertz CT molecular complexity index is 932. The Morgan fingerprint density at radius 2 is 1.86 bits per heavy atom. The van der Waals surface area contributed by atoms with Crippen molar-refractivity contribution < 1.29 is 9.53 Å². The highest BCUT2D eigenvalue weighted by atomic mass is 16.5. The van der Waals surface area contributed by atoms with Crippen LogP contribution in [-0.2, 0) is 17.7 Å². The molecule has 1 atom stereocenters. The lowest BCUT2D eigenvalue weighted by atomic mass is 10.1. The van der Waals surface area contributed by atoms with Gasteiger partial charge in [-0.25, -0.2) is 0 Å². The predicted octanol–water partition coefficient (Wildman–Crippen LogP) is 4.53. The van der Waals surface area contributed by atoms with E-state index < -0.39 is 0 Å². The summed E-state index contributed by atoms with van der Waals surface area (Å²) in [5, 5.41) is 1.05. The zero-order valence-electron chi connectivity index (χ0n) is 16.5. The molecule has 4 rings (SSSR count). The lowest BCUT2D eigenvalue weighted by Gasteiger charge is -2.31. The molecule has 1 aromatic heterocycles. The fraction of sp³-hybridized carbons (Fsp3) is 0.375. The number of unbranched alkanes of at least 4 members (excludes halogenated alkanes) is 1. The first-order valence-corrected chi connectivity index (χ1v) is 10.2. The van der Waals surface area contributed by atoms with E-state index in [0.29, 0.717) is 19.7 Å². The van der Waals surface area contributed by atoms with E-state index in [9.17, 15) is 4.79 Å². The topological polar surface area (TPSA) is 34.5 Å². The molecule has 0 saturated carbocycles. The van der Waals surface area contributed by atoms with E-state index in [-0.39, 0.29) is 12.0 Å². The Morgan fingerprint density at radius 1 is 1.07 bits per heavy atom. The van der Waals surface area contributed by atoms with Crippen molar-refractivity contribution in [3.05, 3.63) is 71.9 Å². The highest BCUT2D eigenvalue weighted by Crippen LogP contribution is 2.24. The third kappa shape index (κ3) is 4.12. The number of hydrogen-bond donors (Lipinski definition) is 0. The van der Waals surface area contributed by atoms with Gasteiger partial charge in [0.1, 0.15) is 0 Å². The van der Waals surface area contributed by atoms with Crippen LogP contribution in [0.15, 0.2) is 60.8 Å². The summed E-state index contributed by atoms with van der Waals surface area (Å²) in [5.74, 6) is 0.120. The molecule has 0 aliphatic carbocycles. The number of ether oxygens (including phenoxy) is 1. The Kier molecular flexibility index (Phi) is 5.77. The molecule has 0 N–H and O–H groups in total. The van der Waals surface area contributed by atoms with E-state index in [2.05, 4.69) is 53.2 Å². The summed E-state index contributed by atoms with van der Waals surface area (Å²) < 4.78 is 7.84. The Hall–Kier alpha value is -2.59. The zero-order chi connectivity index (χ0) is 19.3. The molecule has 2 aromatic carbocycles. The summed E-state index contributed by atoms with van der Waals surface area (Å²) in [5.41, 5.74) is 3.34. The molecular formula is C24H28N2O2. The molecule has 1 amide bonds. The van der Waals surface area contributed by atoms with Crippen LogP contribution in [0.5, 0.6) is 0 Å². The van der Waals surface area contributed by atoms with Crippen LogP contribution in [0.2, 0.25) is 0 Å². The summed E-state index contributed by atoms with van der Waals surface area (Å²) in [6.45, 7) is 4.90. The van der Waals surface area contributed by atoms with Crippen LogP contribution in [0.4, 0.5) is 0 Å². The number of aromatic nitrogens is 1. The molecule has 1 saturated heterocycles. The SMILES string of the molecule is C[C@H]1CN(C(=O)c2cn(CCCCc3ccccc3)c3ccccc23)CCO1. The van der Waals surface area contributed by atoms with Gasteiger partial charge in [0.2, 0.25) is 0 Å². The molecule has 4 heteroatoms. The van der Waals surface area contributed by atoms with Crippen molar-refractivity contribution in [2.75, 3.05) is 19.7 Å². The lowest BCUT2D eigenvalue weighted by Crippen LogP contribution is -2.44. The maximum atomic E-state index is 13.1. The molecule has 1 fully saturated rings. The predicted molar refractivity (Wildman–Crippen MR) is 113 cm³/mol. The van der Waals surface area contributed by atoms with Crippen LogP contribution < -0.4 is 0 Å². The first kappa shape index (κ1) is 18.8. The number of benzene rings is 2. The standard InChI is InChI=1S/C24H28N2O2/c1-19-17-26(15-16-28-19)24(27)22-18-25(23-13-6-5-12-21(22)23)14-8-7-11-20-9-3-2-4-10-20/h2-6,9-10,12-13,18-19H,7-8,11,14-17H2,1H3/t19-/m0/s1. The van der Waals surface area contributed by atoms with E-state index in [0.717, 1.165) is 42.3 Å². The van der Waals surface area contributed by atoms with Gasteiger partial charge in [-0.2, -0.15) is 0 Å². The second kappa shape index (κ2) is 8.61. The van der Waals surface area contributed by atoms with Crippen LogP contribution in [-0.4, -0.2) is 41.2 Å². The minimum atomic E-state index is 0.101. The second-order valence-electron chi connectivity index (χ2n) is 7.63. The zero-order valence-corrected chi connectivity index (χ0v) is 16.5. The van der Waals surface area contributed by atoms with Gasteiger partial charge >= 0.3 is 0 Å². The maximum Gasteiger partial charge on any atom is 0.256 e. The minimum Gasteiger partial charge on any atom is -0.375 e. The van der Waals surface area contributed by atoms with Gasteiger partial charge in [-0.1, -0.05) is 48.5 Å². The molecule has 1 aliphatic rings. The van der Waals surface area contributed by atoms with Gasteiger partial charge in [0.25, 0.3) is 5.91 Å². The number of carbonyl (C=O) groups excluding carboxylic acids is 1. The molecule has 2 heterocycles. The van der Waals surface area contributed by atoms with Gasteiger partial charge in [0, 0.05) is 36.7 Å². The van der Waals surface area contributed by atoms with Crippen LogP contribution in [0, 0.1) is 0 Å². The molecule has 28 heavy (non-hydrogen) atoms. The van der Waals surface area contributed by atoms with Gasteiger partial charge in [-0.3, -0.25) is 4.79 Å². The van der Waals surface area contributed by atoms with E-state index >= 15 is 0 Å². The molecular weight excluding hydrogens is 348 g/mol. The van der Waals surface area contributed by atoms with E-state index in [1.54, 1.807) is 0 Å². The van der Waals surface area contributed by atoms with Crippen molar-refractivity contribution in [2.45, 2.75) is 38.8 Å². The third-order valence-electron chi connectivity index (χ3n) is 5.50. The van der Waals surface area contributed by atoms with E-state index in [1.807, 2.05) is 24.0 Å². The number of aryl methyl sites for hydroxylation is 2. The van der Waals surface area contributed by atoms with Crippen LogP contribution in [0.25, 0.3) is 10.9 Å². The highest BCUT2D eigenvalue weighted by Gasteiger charge is 2.25. The van der Waals surface area contributed by atoms with Gasteiger partial charge in [0.05, 0.1) is 18.3 Å². The smallest absolute Gasteiger partial charge is 0.256 e. The maximum absolute atomic E-state index is 13.1. The quantitative estimate of drug-likeness (QED) is 0.593. The normalized spacial score (nSPS) is 17.2.